The van der Waals surface area contributed by atoms with Gasteiger partial charge in [0.05, 0.1) is 0 Å². The summed E-state index contributed by atoms with van der Waals surface area (Å²) < 4.78 is 0. The standard InChI is InChI=1S/C23H26N2O2/c1-15-9-8-14-20(16(15)2)25-21(18-12-6-7-13-19(18)23(25)27)22(26)24-17-10-4-3-5-11-17/h6-9,12-14,17,21H,3-5,10-11H2,1-2H3,(H,24,26). The van der Waals surface area contributed by atoms with Crippen molar-refractivity contribution < 1.29 is 9.59 Å². The molecule has 0 radical (unpaired) electrons. The van der Waals surface area contributed by atoms with E-state index in [0.29, 0.717) is 5.56 Å². The van der Waals surface area contributed by atoms with Gasteiger partial charge in [-0.1, -0.05) is 49.6 Å². The van der Waals surface area contributed by atoms with Gasteiger partial charge in [-0.05, 0) is 55.5 Å². The lowest BCUT2D eigenvalue weighted by atomic mass is 9.94. The van der Waals surface area contributed by atoms with E-state index in [9.17, 15) is 9.59 Å². The van der Waals surface area contributed by atoms with Crippen LogP contribution in [0.5, 0.6) is 0 Å². The number of benzene rings is 2. The van der Waals surface area contributed by atoms with E-state index in [-0.39, 0.29) is 17.9 Å². The van der Waals surface area contributed by atoms with Crippen LogP contribution in [0.4, 0.5) is 5.69 Å². The van der Waals surface area contributed by atoms with Gasteiger partial charge in [-0.2, -0.15) is 0 Å². The Morgan fingerprint density at radius 3 is 2.52 bits per heavy atom. The van der Waals surface area contributed by atoms with Crippen molar-refractivity contribution in [3.63, 3.8) is 0 Å². The second kappa shape index (κ2) is 7.18. The van der Waals surface area contributed by atoms with E-state index >= 15 is 0 Å². The molecule has 0 aromatic heterocycles. The van der Waals surface area contributed by atoms with Gasteiger partial charge in [0.25, 0.3) is 5.91 Å². The Hall–Kier alpha value is -2.62. The molecule has 4 nitrogen and oxygen atoms in total. The zero-order valence-electron chi connectivity index (χ0n) is 16.0. The minimum absolute atomic E-state index is 0.0684. The lowest BCUT2D eigenvalue weighted by Crippen LogP contribution is -2.44. The molecule has 0 bridgehead atoms. The summed E-state index contributed by atoms with van der Waals surface area (Å²) in [5.41, 5.74) is 4.40. The maximum atomic E-state index is 13.3. The highest BCUT2D eigenvalue weighted by molar-refractivity contribution is 6.16. The molecule has 1 aliphatic carbocycles. The monoisotopic (exact) mass is 362 g/mol. The minimum atomic E-state index is -0.601. The van der Waals surface area contributed by atoms with Crippen LogP contribution in [0.15, 0.2) is 42.5 Å². The normalized spacial score (nSPS) is 19.9. The maximum absolute atomic E-state index is 13.3. The maximum Gasteiger partial charge on any atom is 0.259 e. The Morgan fingerprint density at radius 2 is 1.74 bits per heavy atom. The number of rotatable bonds is 3. The van der Waals surface area contributed by atoms with Gasteiger partial charge in [0.15, 0.2) is 0 Å². The van der Waals surface area contributed by atoms with Gasteiger partial charge in [0, 0.05) is 17.3 Å². The van der Waals surface area contributed by atoms with Crippen LogP contribution in [-0.2, 0) is 4.79 Å². The second-order valence-electron chi connectivity index (χ2n) is 7.73. The Bertz CT molecular complexity index is 884. The summed E-state index contributed by atoms with van der Waals surface area (Å²) >= 11 is 0. The largest absolute Gasteiger partial charge is 0.351 e. The molecule has 1 heterocycles. The van der Waals surface area contributed by atoms with E-state index in [1.54, 1.807) is 4.90 Å². The first-order valence-corrected chi connectivity index (χ1v) is 9.87. The third kappa shape index (κ3) is 3.14. The molecule has 0 spiro atoms. The predicted molar refractivity (Wildman–Crippen MR) is 107 cm³/mol. The van der Waals surface area contributed by atoms with Crippen LogP contribution in [0.3, 0.4) is 0 Å². The first-order chi connectivity index (χ1) is 13.1. The Labute approximate surface area is 160 Å². The molecule has 1 aliphatic heterocycles. The highest BCUT2D eigenvalue weighted by Crippen LogP contribution is 2.39. The fraction of sp³-hybridized carbons (Fsp3) is 0.391. The highest BCUT2D eigenvalue weighted by atomic mass is 16.2. The molecule has 2 aromatic rings. The van der Waals surface area contributed by atoms with E-state index in [0.717, 1.165) is 48.1 Å². The van der Waals surface area contributed by atoms with Gasteiger partial charge >= 0.3 is 0 Å². The van der Waals surface area contributed by atoms with Gasteiger partial charge in [0.2, 0.25) is 5.91 Å². The molecule has 4 heteroatoms. The fourth-order valence-corrected chi connectivity index (χ4v) is 4.35. The molecule has 2 aliphatic rings. The first-order valence-electron chi connectivity index (χ1n) is 9.87. The van der Waals surface area contributed by atoms with Gasteiger partial charge in [-0.15, -0.1) is 0 Å². The summed E-state index contributed by atoms with van der Waals surface area (Å²) in [4.78, 5) is 28.2. The number of aryl methyl sites for hydroxylation is 1. The number of fused-ring (bicyclic) bond motifs is 1. The summed E-state index contributed by atoms with van der Waals surface area (Å²) in [6.07, 6.45) is 5.61. The van der Waals surface area contributed by atoms with Crippen molar-refractivity contribution in [2.45, 2.75) is 58.0 Å². The number of nitrogens with one attached hydrogen (secondary N) is 1. The summed E-state index contributed by atoms with van der Waals surface area (Å²) in [5.74, 6) is -0.163. The SMILES string of the molecule is Cc1cccc(N2C(=O)c3ccccc3C2C(=O)NC2CCCCC2)c1C. The third-order valence-corrected chi connectivity index (χ3v) is 6.00. The van der Waals surface area contributed by atoms with Gasteiger partial charge in [0.1, 0.15) is 6.04 Å². The molecule has 27 heavy (non-hydrogen) atoms. The molecule has 1 unspecified atom stereocenters. The number of hydrogen-bond donors (Lipinski definition) is 1. The molecule has 1 saturated carbocycles. The van der Waals surface area contributed by atoms with E-state index in [1.807, 2.05) is 56.3 Å². The van der Waals surface area contributed by atoms with Crippen LogP contribution < -0.4 is 10.2 Å². The first kappa shape index (κ1) is 17.8. The molecule has 1 atom stereocenters. The topological polar surface area (TPSA) is 49.4 Å². The number of anilines is 1. The average molecular weight is 362 g/mol. The van der Waals surface area contributed by atoms with E-state index in [4.69, 9.17) is 0 Å². The molecule has 2 aromatic carbocycles. The van der Waals surface area contributed by atoms with E-state index < -0.39 is 6.04 Å². The predicted octanol–water partition coefficient (Wildman–Crippen LogP) is 4.45. The lowest BCUT2D eigenvalue weighted by molar-refractivity contribution is -0.123. The lowest BCUT2D eigenvalue weighted by Gasteiger charge is -2.29. The number of amides is 2. The number of carbonyl (C=O) groups is 2. The molecular formula is C23H26N2O2. The summed E-state index contributed by atoms with van der Waals surface area (Å²) in [6.45, 7) is 4.04. The van der Waals surface area contributed by atoms with Gasteiger partial charge in [-0.3, -0.25) is 14.5 Å². The Morgan fingerprint density at radius 1 is 1.00 bits per heavy atom. The van der Waals surface area contributed by atoms with Crippen molar-refractivity contribution in [2.24, 2.45) is 0 Å². The summed E-state index contributed by atoms with van der Waals surface area (Å²) in [7, 11) is 0. The molecule has 140 valence electrons. The minimum Gasteiger partial charge on any atom is -0.351 e. The number of nitrogens with zero attached hydrogens (tertiary/aromatic N) is 1. The van der Waals surface area contributed by atoms with Gasteiger partial charge in [-0.25, -0.2) is 0 Å². The molecule has 4 rings (SSSR count). The molecule has 2 amide bonds. The second-order valence-corrected chi connectivity index (χ2v) is 7.73. The highest BCUT2D eigenvalue weighted by Gasteiger charge is 2.42. The number of carbonyl (C=O) groups excluding carboxylic acids is 2. The van der Waals surface area contributed by atoms with Crippen LogP contribution in [0, 0.1) is 13.8 Å². The summed E-state index contributed by atoms with van der Waals surface area (Å²) in [5, 5.41) is 3.22. The van der Waals surface area contributed by atoms with Crippen molar-refractivity contribution in [2.75, 3.05) is 4.90 Å². The van der Waals surface area contributed by atoms with E-state index in [1.165, 1.54) is 6.42 Å². The molecule has 0 saturated heterocycles. The van der Waals surface area contributed by atoms with Crippen molar-refractivity contribution in [1.29, 1.82) is 0 Å². The van der Waals surface area contributed by atoms with Crippen molar-refractivity contribution in [1.82, 2.24) is 5.32 Å². The average Bonchev–Trinajstić information content (AvgIpc) is 2.98. The van der Waals surface area contributed by atoms with Crippen LogP contribution >= 0.6 is 0 Å². The Balaban J connectivity index is 1.73. The Kier molecular flexibility index (Phi) is 4.73. The van der Waals surface area contributed by atoms with Gasteiger partial charge < -0.3 is 5.32 Å². The van der Waals surface area contributed by atoms with Crippen LogP contribution in [0.1, 0.15) is 65.2 Å². The molecule has 1 N–H and O–H groups in total. The molecule has 1 fully saturated rings. The summed E-state index contributed by atoms with van der Waals surface area (Å²) in [6, 6.07) is 13.0. The van der Waals surface area contributed by atoms with Crippen LogP contribution in [0.25, 0.3) is 0 Å². The van der Waals surface area contributed by atoms with Crippen molar-refractivity contribution >= 4 is 17.5 Å². The van der Waals surface area contributed by atoms with Crippen LogP contribution in [0.2, 0.25) is 0 Å². The van der Waals surface area contributed by atoms with Crippen LogP contribution in [-0.4, -0.2) is 17.9 Å². The quantitative estimate of drug-likeness (QED) is 0.877. The van der Waals surface area contributed by atoms with Crippen molar-refractivity contribution in [3.05, 3.63) is 64.7 Å². The zero-order valence-corrected chi connectivity index (χ0v) is 16.0. The van der Waals surface area contributed by atoms with Crippen molar-refractivity contribution in [3.8, 4) is 0 Å². The fourth-order valence-electron chi connectivity index (χ4n) is 4.35. The molecular weight excluding hydrogens is 336 g/mol. The zero-order chi connectivity index (χ0) is 19.0. The van der Waals surface area contributed by atoms with E-state index in [2.05, 4.69) is 5.32 Å². The smallest absolute Gasteiger partial charge is 0.259 e. The third-order valence-electron chi connectivity index (χ3n) is 6.00. The number of hydrogen-bond acceptors (Lipinski definition) is 2.